The molecule has 1 aliphatic rings. The van der Waals surface area contributed by atoms with E-state index >= 15 is 0 Å². The van der Waals surface area contributed by atoms with Crippen molar-refractivity contribution in [2.24, 2.45) is 0 Å². The second kappa shape index (κ2) is 7.09. The maximum Gasteiger partial charge on any atom is 0.257 e. The summed E-state index contributed by atoms with van der Waals surface area (Å²) in [6, 6.07) is 5.32. The fourth-order valence-corrected chi connectivity index (χ4v) is 3.00. The quantitative estimate of drug-likeness (QED) is 0.886. The van der Waals surface area contributed by atoms with E-state index in [4.69, 9.17) is 0 Å². The Bertz CT molecular complexity index is 473. The molecule has 1 heterocycles. The van der Waals surface area contributed by atoms with Gasteiger partial charge in [-0.2, -0.15) is 0 Å². The van der Waals surface area contributed by atoms with Crippen LogP contribution in [0.5, 0.6) is 5.75 Å². The summed E-state index contributed by atoms with van der Waals surface area (Å²) in [5.41, 5.74) is 0.389. The van der Waals surface area contributed by atoms with E-state index in [1.54, 1.807) is 18.2 Å². The Kier molecular flexibility index (Phi) is 5.43. The maximum absolute atomic E-state index is 12.7. The molecule has 2 rings (SSSR count). The summed E-state index contributed by atoms with van der Waals surface area (Å²) >= 11 is 3.30. The highest BCUT2D eigenvalue weighted by atomic mass is 79.9. The van der Waals surface area contributed by atoms with Crippen LogP contribution in [0.4, 0.5) is 0 Å². The Balaban J connectivity index is 2.21. The summed E-state index contributed by atoms with van der Waals surface area (Å²) in [6.07, 6.45) is 2.87. The van der Waals surface area contributed by atoms with Crippen LogP contribution in [0.25, 0.3) is 0 Å². The van der Waals surface area contributed by atoms with E-state index in [2.05, 4.69) is 28.2 Å². The van der Waals surface area contributed by atoms with Crippen molar-refractivity contribution in [3.8, 4) is 5.75 Å². The molecule has 20 heavy (non-hydrogen) atoms. The molecule has 0 saturated carbocycles. The van der Waals surface area contributed by atoms with Crippen LogP contribution in [0.1, 0.15) is 36.5 Å². The Morgan fingerprint density at radius 1 is 1.45 bits per heavy atom. The summed E-state index contributed by atoms with van der Waals surface area (Å²) < 4.78 is 0.774. The minimum Gasteiger partial charge on any atom is -0.507 e. The summed E-state index contributed by atoms with van der Waals surface area (Å²) in [7, 11) is 0. The Hall–Kier alpha value is -1.07. The van der Waals surface area contributed by atoms with Crippen LogP contribution < -0.4 is 5.32 Å². The lowest BCUT2D eigenvalue weighted by Gasteiger charge is -2.34. The number of carbonyl (C=O) groups excluding carboxylic acids is 1. The second-order valence-corrected chi connectivity index (χ2v) is 6.06. The number of rotatable bonds is 4. The molecule has 0 unspecified atom stereocenters. The fraction of sp³-hybridized carbons (Fsp3) is 0.533. The summed E-state index contributed by atoms with van der Waals surface area (Å²) in [5.74, 6) is -0.0248. The largest absolute Gasteiger partial charge is 0.507 e. The normalized spacial score (nSPS) is 16.1. The minimum atomic E-state index is -0.0660. The second-order valence-electron chi connectivity index (χ2n) is 5.14. The Morgan fingerprint density at radius 3 is 2.75 bits per heavy atom. The molecule has 0 atom stereocenters. The van der Waals surface area contributed by atoms with Crippen LogP contribution in [0.2, 0.25) is 0 Å². The first-order valence-electron chi connectivity index (χ1n) is 7.13. The van der Waals surface area contributed by atoms with Crippen molar-refractivity contribution in [2.45, 2.75) is 32.2 Å². The molecule has 1 fully saturated rings. The molecular weight excluding hydrogens is 320 g/mol. The van der Waals surface area contributed by atoms with Crippen molar-refractivity contribution in [2.75, 3.05) is 19.6 Å². The van der Waals surface area contributed by atoms with Crippen LogP contribution in [0.3, 0.4) is 0 Å². The molecule has 0 spiro atoms. The standard InChI is InChI=1S/C15H21BrN2O2/c1-2-9-18(12-5-7-17-8-6-12)15(20)13-4-3-11(16)10-14(13)19/h3-4,10,12,17,19H,2,5-9H2,1H3. The number of hydrogen-bond acceptors (Lipinski definition) is 3. The van der Waals surface area contributed by atoms with Crippen molar-refractivity contribution >= 4 is 21.8 Å². The highest BCUT2D eigenvalue weighted by molar-refractivity contribution is 9.10. The van der Waals surface area contributed by atoms with Gasteiger partial charge in [0.2, 0.25) is 0 Å². The number of phenolic OH excluding ortho intramolecular Hbond substituents is 1. The predicted molar refractivity (Wildman–Crippen MR) is 83.0 cm³/mol. The molecule has 0 aromatic heterocycles. The minimum absolute atomic E-state index is 0.0411. The van der Waals surface area contributed by atoms with Gasteiger partial charge in [0.1, 0.15) is 5.75 Å². The first-order chi connectivity index (χ1) is 9.63. The Labute approximate surface area is 128 Å². The van der Waals surface area contributed by atoms with Gasteiger partial charge < -0.3 is 15.3 Å². The molecule has 1 amide bonds. The van der Waals surface area contributed by atoms with Gasteiger partial charge in [0.25, 0.3) is 5.91 Å². The van der Waals surface area contributed by atoms with Crippen molar-refractivity contribution in [1.29, 1.82) is 0 Å². The SMILES string of the molecule is CCCN(C(=O)c1ccc(Br)cc1O)C1CCNCC1. The number of phenols is 1. The zero-order valence-corrected chi connectivity index (χ0v) is 13.3. The molecule has 4 nitrogen and oxygen atoms in total. The highest BCUT2D eigenvalue weighted by Crippen LogP contribution is 2.25. The number of piperidine rings is 1. The summed E-state index contributed by atoms with van der Waals surface area (Å²) in [4.78, 5) is 14.6. The van der Waals surface area contributed by atoms with Crippen LogP contribution >= 0.6 is 15.9 Å². The summed E-state index contributed by atoms with van der Waals surface area (Å²) in [6.45, 7) is 4.71. The molecule has 110 valence electrons. The zero-order chi connectivity index (χ0) is 14.5. The van der Waals surface area contributed by atoms with Crippen LogP contribution in [0, 0.1) is 0 Å². The third-order valence-electron chi connectivity index (χ3n) is 3.67. The van der Waals surface area contributed by atoms with E-state index in [1.807, 2.05) is 4.90 Å². The van der Waals surface area contributed by atoms with Crippen molar-refractivity contribution < 1.29 is 9.90 Å². The number of amides is 1. The van der Waals surface area contributed by atoms with Gasteiger partial charge in [-0.25, -0.2) is 0 Å². The first-order valence-corrected chi connectivity index (χ1v) is 7.93. The molecule has 2 N–H and O–H groups in total. The smallest absolute Gasteiger partial charge is 0.257 e. The van der Waals surface area contributed by atoms with Gasteiger partial charge in [0.05, 0.1) is 5.56 Å². The zero-order valence-electron chi connectivity index (χ0n) is 11.7. The number of aromatic hydroxyl groups is 1. The molecule has 0 radical (unpaired) electrons. The van der Waals surface area contributed by atoms with Gasteiger partial charge >= 0.3 is 0 Å². The maximum atomic E-state index is 12.7. The van der Waals surface area contributed by atoms with E-state index in [0.29, 0.717) is 5.56 Å². The third kappa shape index (κ3) is 3.52. The summed E-state index contributed by atoms with van der Waals surface area (Å²) in [5, 5.41) is 13.3. The van der Waals surface area contributed by atoms with Crippen LogP contribution in [-0.2, 0) is 0 Å². The molecule has 0 bridgehead atoms. The topological polar surface area (TPSA) is 52.6 Å². The van der Waals surface area contributed by atoms with Gasteiger partial charge in [-0.3, -0.25) is 4.79 Å². The molecule has 5 heteroatoms. The lowest BCUT2D eigenvalue weighted by atomic mass is 10.0. The molecular formula is C15H21BrN2O2. The van der Waals surface area contributed by atoms with E-state index in [-0.39, 0.29) is 17.7 Å². The number of nitrogens with one attached hydrogen (secondary N) is 1. The highest BCUT2D eigenvalue weighted by Gasteiger charge is 2.26. The first kappa shape index (κ1) is 15.3. The molecule has 0 aliphatic carbocycles. The average molecular weight is 341 g/mol. The molecule has 1 aliphatic heterocycles. The van der Waals surface area contributed by atoms with Gasteiger partial charge in [0.15, 0.2) is 0 Å². The molecule has 1 saturated heterocycles. The predicted octanol–water partition coefficient (Wildman–Crippen LogP) is 2.76. The van der Waals surface area contributed by atoms with Crippen molar-refractivity contribution in [3.63, 3.8) is 0 Å². The van der Waals surface area contributed by atoms with E-state index in [1.165, 1.54) is 0 Å². The third-order valence-corrected chi connectivity index (χ3v) is 4.16. The van der Waals surface area contributed by atoms with Crippen LogP contribution in [0.15, 0.2) is 22.7 Å². The van der Waals surface area contributed by atoms with Crippen LogP contribution in [-0.4, -0.2) is 41.6 Å². The number of nitrogens with zero attached hydrogens (tertiary/aromatic N) is 1. The lowest BCUT2D eigenvalue weighted by Crippen LogP contribution is -2.46. The monoisotopic (exact) mass is 340 g/mol. The van der Waals surface area contributed by atoms with Gasteiger partial charge in [-0.05, 0) is 50.6 Å². The fourth-order valence-electron chi connectivity index (χ4n) is 2.65. The van der Waals surface area contributed by atoms with E-state index < -0.39 is 0 Å². The van der Waals surface area contributed by atoms with Gasteiger partial charge in [-0.15, -0.1) is 0 Å². The molecule has 1 aromatic rings. The van der Waals surface area contributed by atoms with E-state index in [0.717, 1.165) is 43.4 Å². The van der Waals surface area contributed by atoms with Crippen molar-refractivity contribution in [3.05, 3.63) is 28.2 Å². The van der Waals surface area contributed by atoms with Gasteiger partial charge in [0, 0.05) is 17.1 Å². The van der Waals surface area contributed by atoms with E-state index in [9.17, 15) is 9.90 Å². The lowest BCUT2D eigenvalue weighted by molar-refractivity contribution is 0.0639. The number of hydrogen-bond donors (Lipinski definition) is 2. The molecule has 1 aromatic carbocycles. The number of benzene rings is 1. The Morgan fingerprint density at radius 2 is 2.15 bits per heavy atom. The number of carbonyl (C=O) groups is 1. The van der Waals surface area contributed by atoms with Crippen molar-refractivity contribution in [1.82, 2.24) is 10.2 Å². The van der Waals surface area contributed by atoms with Gasteiger partial charge in [-0.1, -0.05) is 22.9 Å². The average Bonchev–Trinajstić information content (AvgIpc) is 2.45. The number of halogens is 1.